The number of rotatable bonds is 4. The molecule has 2 heterocycles. The molecular formula is C13H20N4O2. The van der Waals surface area contributed by atoms with Crippen molar-refractivity contribution in [3.63, 3.8) is 0 Å². The monoisotopic (exact) mass is 264 g/mol. The first-order chi connectivity index (χ1) is 8.97. The molecule has 1 aliphatic heterocycles. The van der Waals surface area contributed by atoms with Gasteiger partial charge in [0, 0.05) is 20.1 Å². The van der Waals surface area contributed by atoms with Crippen molar-refractivity contribution in [2.24, 2.45) is 5.92 Å². The summed E-state index contributed by atoms with van der Waals surface area (Å²) in [6.07, 6.45) is 2.64. The Morgan fingerprint density at radius 3 is 3.00 bits per heavy atom. The maximum atomic E-state index is 11.2. The van der Waals surface area contributed by atoms with Crippen molar-refractivity contribution in [3.8, 4) is 0 Å². The lowest BCUT2D eigenvalue weighted by Crippen LogP contribution is -2.29. The van der Waals surface area contributed by atoms with Gasteiger partial charge in [-0.15, -0.1) is 0 Å². The molecule has 19 heavy (non-hydrogen) atoms. The van der Waals surface area contributed by atoms with Gasteiger partial charge in [-0.25, -0.2) is 9.78 Å². The van der Waals surface area contributed by atoms with Crippen LogP contribution in [-0.4, -0.2) is 54.7 Å². The van der Waals surface area contributed by atoms with Gasteiger partial charge in [0.25, 0.3) is 0 Å². The average molecular weight is 264 g/mol. The number of nitrogens with zero attached hydrogens (tertiary/aromatic N) is 3. The van der Waals surface area contributed by atoms with E-state index in [0.29, 0.717) is 17.4 Å². The summed E-state index contributed by atoms with van der Waals surface area (Å²) >= 11 is 0. The number of likely N-dealkylation sites (tertiary alicyclic amines) is 1. The standard InChI is InChI=1S/C13H20N4O2/c1-16-4-3-9(7-16)8-17(2)12-11(13(18)19)5-10(14)6-15-12/h5-6,9H,3-4,7-8,14H2,1-2H3,(H,18,19). The highest BCUT2D eigenvalue weighted by Crippen LogP contribution is 2.22. The molecule has 0 saturated carbocycles. The molecule has 6 nitrogen and oxygen atoms in total. The molecule has 1 fully saturated rings. The normalized spacial score (nSPS) is 19.6. The van der Waals surface area contributed by atoms with Crippen molar-refractivity contribution in [3.05, 3.63) is 17.8 Å². The predicted octanol–water partition coefficient (Wildman–Crippen LogP) is 0.750. The van der Waals surface area contributed by atoms with Gasteiger partial charge in [0.05, 0.1) is 11.9 Å². The van der Waals surface area contributed by atoms with Gasteiger partial charge in [-0.1, -0.05) is 0 Å². The van der Waals surface area contributed by atoms with Crippen LogP contribution in [0.4, 0.5) is 11.5 Å². The SMILES string of the molecule is CN1CCC(CN(C)c2ncc(N)cc2C(=O)O)C1. The Kier molecular flexibility index (Phi) is 3.90. The molecule has 1 atom stereocenters. The van der Waals surface area contributed by atoms with Crippen LogP contribution in [0.3, 0.4) is 0 Å². The third-order valence-corrected chi connectivity index (χ3v) is 3.50. The minimum absolute atomic E-state index is 0.161. The highest BCUT2D eigenvalue weighted by Gasteiger charge is 2.23. The maximum Gasteiger partial charge on any atom is 0.339 e. The van der Waals surface area contributed by atoms with E-state index in [0.717, 1.165) is 26.1 Å². The number of pyridine rings is 1. The molecule has 104 valence electrons. The van der Waals surface area contributed by atoms with Crippen LogP contribution in [0.2, 0.25) is 0 Å². The van der Waals surface area contributed by atoms with Crippen molar-refractivity contribution in [1.29, 1.82) is 0 Å². The molecule has 0 aromatic carbocycles. The Morgan fingerprint density at radius 2 is 2.42 bits per heavy atom. The van der Waals surface area contributed by atoms with E-state index in [1.807, 2.05) is 11.9 Å². The van der Waals surface area contributed by atoms with E-state index in [9.17, 15) is 9.90 Å². The molecule has 0 aliphatic carbocycles. The summed E-state index contributed by atoms with van der Waals surface area (Å²) < 4.78 is 0. The summed E-state index contributed by atoms with van der Waals surface area (Å²) in [5.74, 6) is 0.0393. The van der Waals surface area contributed by atoms with Crippen LogP contribution in [0.15, 0.2) is 12.3 Å². The Morgan fingerprint density at radius 1 is 1.68 bits per heavy atom. The van der Waals surface area contributed by atoms with Crippen molar-refractivity contribution in [2.75, 3.05) is 44.4 Å². The van der Waals surface area contributed by atoms with E-state index in [4.69, 9.17) is 5.73 Å². The summed E-state index contributed by atoms with van der Waals surface area (Å²) in [7, 11) is 3.98. The lowest BCUT2D eigenvalue weighted by atomic mass is 10.1. The van der Waals surface area contributed by atoms with Crippen LogP contribution >= 0.6 is 0 Å². The highest BCUT2D eigenvalue weighted by molar-refractivity contribution is 5.94. The average Bonchev–Trinajstić information content (AvgIpc) is 2.74. The Labute approximate surface area is 112 Å². The molecule has 1 saturated heterocycles. The molecule has 0 radical (unpaired) electrons. The molecule has 1 aliphatic rings. The second kappa shape index (κ2) is 5.44. The van der Waals surface area contributed by atoms with Crippen LogP contribution in [-0.2, 0) is 0 Å². The van der Waals surface area contributed by atoms with Crippen molar-refractivity contribution in [1.82, 2.24) is 9.88 Å². The highest BCUT2D eigenvalue weighted by atomic mass is 16.4. The van der Waals surface area contributed by atoms with Gasteiger partial charge >= 0.3 is 5.97 Å². The number of carboxylic acid groups (broad SMARTS) is 1. The Balaban J connectivity index is 2.14. The van der Waals surface area contributed by atoms with Crippen molar-refractivity contribution in [2.45, 2.75) is 6.42 Å². The molecule has 0 bridgehead atoms. The number of carboxylic acids is 1. The van der Waals surface area contributed by atoms with Gasteiger partial charge in [0.1, 0.15) is 11.4 Å². The zero-order valence-corrected chi connectivity index (χ0v) is 11.3. The summed E-state index contributed by atoms with van der Waals surface area (Å²) in [5.41, 5.74) is 6.13. The largest absolute Gasteiger partial charge is 0.478 e. The fraction of sp³-hybridized carbons (Fsp3) is 0.538. The number of aromatic nitrogens is 1. The lowest BCUT2D eigenvalue weighted by Gasteiger charge is -2.23. The first-order valence-corrected chi connectivity index (χ1v) is 6.36. The van der Waals surface area contributed by atoms with Gasteiger partial charge in [-0.2, -0.15) is 0 Å². The minimum Gasteiger partial charge on any atom is -0.478 e. The van der Waals surface area contributed by atoms with Crippen LogP contribution in [0.5, 0.6) is 0 Å². The Bertz CT molecular complexity index is 478. The van der Waals surface area contributed by atoms with Crippen molar-refractivity contribution < 1.29 is 9.90 Å². The van der Waals surface area contributed by atoms with Gasteiger partial charge in [0.2, 0.25) is 0 Å². The summed E-state index contributed by atoms with van der Waals surface area (Å²) in [6.45, 7) is 2.95. The Hall–Kier alpha value is -1.82. The zero-order valence-electron chi connectivity index (χ0n) is 11.3. The summed E-state index contributed by atoms with van der Waals surface area (Å²) in [4.78, 5) is 19.6. The molecule has 1 aromatic rings. The minimum atomic E-state index is -0.995. The quantitative estimate of drug-likeness (QED) is 0.835. The smallest absolute Gasteiger partial charge is 0.339 e. The van der Waals surface area contributed by atoms with E-state index in [-0.39, 0.29) is 5.56 Å². The first kappa shape index (κ1) is 13.6. The van der Waals surface area contributed by atoms with E-state index < -0.39 is 5.97 Å². The maximum absolute atomic E-state index is 11.2. The number of nitrogens with two attached hydrogens (primary N) is 1. The first-order valence-electron chi connectivity index (χ1n) is 6.36. The molecule has 2 rings (SSSR count). The lowest BCUT2D eigenvalue weighted by molar-refractivity contribution is 0.0697. The van der Waals surface area contributed by atoms with Crippen LogP contribution < -0.4 is 10.6 Å². The van der Waals surface area contributed by atoms with E-state index in [1.165, 1.54) is 12.3 Å². The molecular weight excluding hydrogens is 244 g/mol. The van der Waals surface area contributed by atoms with E-state index >= 15 is 0 Å². The van der Waals surface area contributed by atoms with Gasteiger partial charge in [-0.05, 0) is 32.0 Å². The van der Waals surface area contributed by atoms with Gasteiger partial charge in [-0.3, -0.25) is 0 Å². The fourth-order valence-electron chi connectivity index (χ4n) is 2.58. The predicted molar refractivity (Wildman–Crippen MR) is 74.5 cm³/mol. The van der Waals surface area contributed by atoms with Crippen LogP contribution in [0.1, 0.15) is 16.8 Å². The summed E-state index contributed by atoms with van der Waals surface area (Å²) in [6, 6.07) is 1.46. The van der Waals surface area contributed by atoms with Crippen molar-refractivity contribution >= 4 is 17.5 Å². The van der Waals surface area contributed by atoms with Gasteiger partial charge in [0.15, 0.2) is 0 Å². The second-order valence-electron chi connectivity index (χ2n) is 5.24. The molecule has 6 heteroatoms. The fourth-order valence-corrected chi connectivity index (χ4v) is 2.58. The van der Waals surface area contributed by atoms with Gasteiger partial charge < -0.3 is 20.6 Å². The number of hydrogen-bond donors (Lipinski definition) is 2. The van der Waals surface area contributed by atoms with Crippen LogP contribution in [0, 0.1) is 5.92 Å². The molecule has 1 aromatic heterocycles. The zero-order chi connectivity index (χ0) is 14.0. The molecule has 3 N–H and O–H groups in total. The van der Waals surface area contributed by atoms with E-state index in [2.05, 4.69) is 16.9 Å². The second-order valence-corrected chi connectivity index (χ2v) is 5.24. The third-order valence-electron chi connectivity index (χ3n) is 3.50. The molecule has 0 spiro atoms. The topological polar surface area (TPSA) is 82.7 Å². The summed E-state index contributed by atoms with van der Waals surface area (Å²) in [5, 5.41) is 9.21. The number of anilines is 2. The molecule has 1 unspecified atom stereocenters. The molecule has 0 amide bonds. The number of aromatic carboxylic acids is 1. The number of hydrogen-bond acceptors (Lipinski definition) is 5. The number of carbonyl (C=O) groups is 1. The van der Waals surface area contributed by atoms with Crippen LogP contribution in [0.25, 0.3) is 0 Å². The van der Waals surface area contributed by atoms with E-state index in [1.54, 1.807) is 0 Å². The number of nitrogen functional groups attached to an aromatic ring is 1. The third kappa shape index (κ3) is 3.14.